The van der Waals surface area contributed by atoms with Crippen LogP contribution in [-0.4, -0.2) is 5.11 Å². The number of nitrogen functional groups attached to an aromatic ring is 1. The molecule has 3 aromatic rings. The standard InChI is InChI=1S/C18H15N5O/c19-13-1-3-14(4-2-13)20-21-15-5-7-16(8-6-15)22-23-17-9-11-18(24)12-10-17/h1-12,24H,19H2/b21-20+,23-22+. The Morgan fingerprint density at radius 3 is 1.17 bits per heavy atom. The molecule has 0 unspecified atom stereocenters. The van der Waals surface area contributed by atoms with Gasteiger partial charge in [-0.25, -0.2) is 0 Å². The van der Waals surface area contributed by atoms with Crippen molar-refractivity contribution in [1.82, 2.24) is 0 Å². The van der Waals surface area contributed by atoms with Gasteiger partial charge in [-0.2, -0.15) is 20.5 Å². The van der Waals surface area contributed by atoms with Crippen LogP contribution in [0.3, 0.4) is 0 Å². The molecule has 0 saturated heterocycles. The predicted octanol–water partition coefficient (Wildman–Crippen LogP) is 5.81. The van der Waals surface area contributed by atoms with E-state index in [-0.39, 0.29) is 5.75 Å². The van der Waals surface area contributed by atoms with Crippen LogP contribution >= 0.6 is 0 Å². The Kier molecular flexibility index (Phi) is 4.57. The van der Waals surface area contributed by atoms with Gasteiger partial charge in [0.25, 0.3) is 0 Å². The van der Waals surface area contributed by atoms with Crippen LogP contribution < -0.4 is 5.73 Å². The summed E-state index contributed by atoms with van der Waals surface area (Å²) < 4.78 is 0. The van der Waals surface area contributed by atoms with E-state index in [9.17, 15) is 5.11 Å². The van der Waals surface area contributed by atoms with Gasteiger partial charge in [-0.15, -0.1) is 0 Å². The molecule has 3 rings (SSSR count). The number of nitrogens with two attached hydrogens (primary N) is 1. The van der Waals surface area contributed by atoms with E-state index in [0.29, 0.717) is 17.1 Å². The number of phenolic OH excluding ortho intramolecular Hbond substituents is 1. The molecule has 24 heavy (non-hydrogen) atoms. The van der Waals surface area contributed by atoms with Crippen molar-refractivity contribution in [3.05, 3.63) is 72.8 Å². The third-order valence-electron chi connectivity index (χ3n) is 3.15. The number of hydrogen-bond donors (Lipinski definition) is 2. The van der Waals surface area contributed by atoms with Crippen LogP contribution in [0.15, 0.2) is 93.3 Å². The normalized spacial score (nSPS) is 11.3. The zero-order valence-corrected chi connectivity index (χ0v) is 12.7. The molecule has 0 aliphatic rings. The molecule has 0 amide bonds. The highest BCUT2D eigenvalue weighted by Gasteiger charge is 1.94. The molecular weight excluding hydrogens is 302 g/mol. The number of aromatic hydroxyl groups is 1. The second kappa shape index (κ2) is 7.15. The van der Waals surface area contributed by atoms with Gasteiger partial charge in [0.05, 0.1) is 22.7 Å². The van der Waals surface area contributed by atoms with Gasteiger partial charge in [0.15, 0.2) is 0 Å². The first kappa shape index (κ1) is 15.4. The Balaban J connectivity index is 1.66. The van der Waals surface area contributed by atoms with Crippen molar-refractivity contribution in [2.45, 2.75) is 0 Å². The van der Waals surface area contributed by atoms with Crippen molar-refractivity contribution < 1.29 is 5.11 Å². The molecule has 118 valence electrons. The second-order valence-electron chi connectivity index (χ2n) is 5.02. The van der Waals surface area contributed by atoms with Gasteiger partial charge in [-0.05, 0) is 72.8 Å². The van der Waals surface area contributed by atoms with Gasteiger partial charge in [0.2, 0.25) is 0 Å². The molecule has 0 radical (unpaired) electrons. The minimum atomic E-state index is 0.199. The first-order valence-corrected chi connectivity index (χ1v) is 7.27. The summed E-state index contributed by atoms with van der Waals surface area (Å²) in [6.07, 6.45) is 0. The topological polar surface area (TPSA) is 95.7 Å². The van der Waals surface area contributed by atoms with E-state index in [0.717, 1.165) is 11.4 Å². The number of anilines is 1. The van der Waals surface area contributed by atoms with E-state index < -0.39 is 0 Å². The van der Waals surface area contributed by atoms with E-state index in [1.54, 1.807) is 60.7 Å². The summed E-state index contributed by atoms with van der Waals surface area (Å²) in [5, 5.41) is 25.8. The maximum atomic E-state index is 9.22. The fourth-order valence-electron chi connectivity index (χ4n) is 1.88. The molecule has 3 aromatic carbocycles. The van der Waals surface area contributed by atoms with Crippen molar-refractivity contribution in [3.8, 4) is 5.75 Å². The molecular formula is C18H15N5O. The van der Waals surface area contributed by atoms with E-state index in [1.807, 2.05) is 12.1 Å². The van der Waals surface area contributed by atoms with Crippen LogP contribution in [0.5, 0.6) is 5.75 Å². The SMILES string of the molecule is Nc1ccc(/N=N/c2ccc(/N=N/c3ccc(O)cc3)cc2)cc1. The minimum absolute atomic E-state index is 0.199. The van der Waals surface area contributed by atoms with Gasteiger partial charge in [0.1, 0.15) is 5.75 Å². The van der Waals surface area contributed by atoms with E-state index in [2.05, 4.69) is 20.5 Å². The predicted molar refractivity (Wildman–Crippen MR) is 93.8 cm³/mol. The summed E-state index contributed by atoms with van der Waals surface area (Å²) in [7, 11) is 0. The molecule has 0 atom stereocenters. The highest BCUT2D eigenvalue weighted by molar-refractivity contribution is 5.50. The zero-order chi connectivity index (χ0) is 16.8. The van der Waals surface area contributed by atoms with Crippen LogP contribution in [0.4, 0.5) is 28.4 Å². The third kappa shape index (κ3) is 4.23. The first-order chi connectivity index (χ1) is 11.7. The highest BCUT2D eigenvalue weighted by Crippen LogP contribution is 2.24. The van der Waals surface area contributed by atoms with E-state index >= 15 is 0 Å². The molecule has 0 aromatic heterocycles. The van der Waals surface area contributed by atoms with Crippen LogP contribution in [0.1, 0.15) is 0 Å². The van der Waals surface area contributed by atoms with Gasteiger partial charge in [-0.3, -0.25) is 0 Å². The third-order valence-corrected chi connectivity index (χ3v) is 3.15. The number of nitrogens with zero attached hydrogens (tertiary/aromatic N) is 4. The van der Waals surface area contributed by atoms with Crippen molar-refractivity contribution in [3.63, 3.8) is 0 Å². The number of rotatable bonds is 4. The lowest BCUT2D eigenvalue weighted by Gasteiger charge is -1.96. The molecule has 0 heterocycles. The number of azo groups is 2. The van der Waals surface area contributed by atoms with E-state index in [1.165, 1.54) is 0 Å². The maximum Gasteiger partial charge on any atom is 0.115 e. The Labute approximate surface area is 139 Å². The summed E-state index contributed by atoms with van der Waals surface area (Å²) in [5.41, 5.74) is 9.14. The molecule has 0 fully saturated rings. The van der Waals surface area contributed by atoms with Crippen LogP contribution in [0.2, 0.25) is 0 Å². The van der Waals surface area contributed by atoms with Gasteiger partial charge < -0.3 is 10.8 Å². The van der Waals surface area contributed by atoms with E-state index in [4.69, 9.17) is 5.73 Å². The molecule has 0 aliphatic carbocycles. The van der Waals surface area contributed by atoms with Crippen LogP contribution in [0, 0.1) is 0 Å². The molecule has 0 spiro atoms. The lowest BCUT2D eigenvalue weighted by molar-refractivity contribution is 0.475. The first-order valence-electron chi connectivity index (χ1n) is 7.27. The summed E-state index contributed by atoms with van der Waals surface area (Å²) in [6, 6.07) is 20.9. The number of benzene rings is 3. The summed E-state index contributed by atoms with van der Waals surface area (Å²) in [6.45, 7) is 0. The molecule has 0 aliphatic heterocycles. The largest absolute Gasteiger partial charge is 0.508 e. The lowest BCUT2D eigenvalue weighted by Crippen LogP contribution is -1.80. The average Bonchev–Trinajstić information content (AvgIpc) is 2.62. The van der Waals surface area contributed by atoms with Gasteiger partial charge >= 0.3 is 0 Å². The molecule has 6 nitrogen and oxygen atoms in total. The molecule has 3 N–H and O–H groups in total. The maximum absolute atomic E-state index is 9.22. The summed E-state index contributed by atoms with van der Waals surface area (Å²) >= 11 is 0. The van der Waals surface area contributed by atoms with Crippen LogP contribution in [-0.2, 0) is 0 Å². The molecule has 0 saturated carbocycles. The van der Waals surface area contributed by atoms with Gasteiger partial charge in [0, 0.05) is 5.69 Å². The molecule has 0 bridgehead atoms. The van der Waals surface area contributed by atoms with Crippen LogP contribution in [0.25, 0.3) is 0 Å². The summed E-state index contributed by atoms with van der Waals surface area (Å²) in [4.78, 5) is 0. The fourth-order valence-corrected chi connectivity index (χ4v) is 1.88. The van der Waals surface area contributed by atoms with Gasteiger partial charge in [-0.1, -0.05) is 0 Å². The molecule has 6 heteroatoms. The number of hydrogen-bond acceptors (Lipinski definition) is 6. The Morgan fingerprint density at radius 1 is 0.500 bits per heavy atom. The Hall–Kier alpha value is -3.54. The number of phenols is 1. The monoisotopic (exact) mass is 317 g/mol. The quantitative estimate of drug-likeness (QED) is 0.469. The summed E-state index contributed by atoms with van der Waals surface area (Å²) in [5.74, 6) is 0.199. The smallest absolute Gasteiger partial charge is 0.115 e. The van der Waals surface area contributed by atoms with Crippen molar-refractivity contribution in [2.24, 2.45) is 20.5 Å². The van der Waals surface area contributed by atoms with Crippen molar-refractivity contribution >= 4 is 28.4 Å². The van der Waals surface area contributed by atoms with Crippen molar-refractivity contribution in [1.29, 1.82) is 0 Å². The van der Waals surface area contributed by atoms with Crippen molar-refractivity contribution in [2.75, 3.05) is 5.73 Å². The second-order valence-corrected chi connectivity index (χ2v) is 5.02. The Morgan fingerprint density at radius 2 is 0.792 bits per heavy atom. The fraction of sp³-hybridized carbons (Fsp3) is 0. The lowest BCUT2D eigenvalue weighted by atomic mass is 10.3. The average molecular weight is 317 g/mol. The Bertz CT molecular complexity index is 779. The zero-order valence-electron chi connectivity index (χ0n) is 12.7. The highest BCUT2D eigenvalue weighted by atomic mass is 16.3. The minimum Gasteiger partial charge on any atom is -0.508 e.